The lowest BCUT2D eigenvalue weighted by Gasteiger charge is -2.00. The summed E-state index contributed by atoms with van der Waals surface area (Å²) in [5.74, 6) is 0.0172. The minimum absolute atomic E-state index is 0.283. The molecule has 4 rings (SSSR count). The van der Waals surface area contributed by atoms with Crippen LogP contribution in [0.5, 0.6) is 0 Å². The van der Waals surface area contributed by atoms with Gasteiger partial charge >= 0.3 is 0 Å². The van der Waals surface area contributed by atoms with Crippen LogP contribution < -0.4 is 5.56 Å². The molecule has 2 heterocycles. The molecule has 102 valence electrons. The predicted octanol–water partition coefficient (Wildman–Crippen LogP) is 3.10. The standard InChI is InChI=1S/C14H12FN3OS/c15-9-5-6-11-10(7-9)13(19)18-14(16-11)20-12(17-18)8-3-1-2-4-8/h5-8H,1-4H2. The van der Waals surface area contributed by atoms with Crippen LogP contribution in [0.3, 0.4) is 0 Å². The van der Waals surface area contributed by atoms with Gasteiger partial charge in [-0.3, -0.25) is 4.79 Å². The molecular weight excluding hydrogens is 277 g/mol. The van der Waals surface area contributed by atoms with Crippen LogP contribution in [0.1, 0.15) is 36.6 Å². The topological polar surface area (TPSA) is 47.3 Å². The van der Waals surface area contributed by atoms with Crippen LogP contribution in [-0.4, -0.2) is 14.6 Å². The molecule has 20 heavy (non-hydrogen) atoms. The molecule has 0 atom stereocenters. The maximum atomic E-state index is 13.3. The van der Waals surface area contributed by atoms with Gasteiger partial charge in [0.25, 0.3) is 5.56 Å². The Hall–Kier alpha value is -1.82. The molecule has 0 saturated heterocycles. The number of rotatable bonds is 1. The van der Waals surface area contributed by atoms with Crippen molar-refractivity contribution in [2.75, 3.05) is 0 Å². The van der Waals surface area contributed by atoms with Crippen LogP contribution >= 0.6 is 11.3 Å². The van der Waals surface area contributed by atoms with Crippen molar-refractivity contribution in [3.8, 4) is 0 Å². The zero-order valence-electron chi connectivity index (χ0n) is 10.7. The highest BCUT2D eigenvalue weighted by atomic mass is 32.1. The van der Waals surface area contributed by atoms with Crippen molar-refractivity contribution in [3.63, 3.8) is 0 Å². The lowest BCUT2D eigenvalue weighted by atomic mass is 10.1. The molecule has 4 nitrogen and oxygen atoms in total. The molecule has 0 bridgehead atoms. The summed E-state index contributed by atoms with van der Waals surface area (Å²) < 4.78 is 14.6. The fraction of sp³-hybridized carbons (Fsp3) is 0.357. The summed E-state index contributed by atoms with van der Waals surface area (Å²) in [6.45, 7) is 0. The van der Waals surface area contributed by atoms with Crippen LogP contribution in [0.2, 0.25) is 0 Å². The first-order valence-electron chi connectivity index (χ1n) is 6.71. The van der Waals surface area contributed by atoms with E-state index in [1.807, 2.05) is 0 Å². The molecule has 0 radical (unpaired) electrons. The number of hydrogen-bond donors (Lipinski definition) is 0. The fourth-order valence-electron chi connectivity index (χ4n) is 2.83. The van der Waals surface area contributed by atoms with E-state index in [0.29, 0.717) is 16.4 Å². The van der Waals surface area contributed by atoms with Crippen LogP contribution in [0.4, 0.5) is 4.39 Å². The second-order valence-electron chi connectivity index (χ2n) is 5.19. The van der Waals surface area contributed by atoms with E-state index < -0.39 is 5.82 Å². The first-order chi connectivity index (χ1) is 9.72. The molecule has 0 unspecified atom stereocenters. The van der Waals surface area contributed by atoms with E-state index in [-0.39, 0.29) is 10.9 Å². The zero-order chi connectivity index (χ0) is 13.7. The van der Waals surface area contributed by atoms with Crippen molar-refractivity contribution in [1.29, 1.82) is 0 Å². The molecule has 0 spiro atoms. The molecule has 1 aliphatic rings. The predicted molar refractivity (Wildman–Crippen MR) is 75.8 cm³/mol. The van der Waals surface area contributed by atoms with Crippen LogP contribution in [-0.2, 0) is 0 Å². The molecule has 1 aliphatic carbocycles. The Morgan fingerprint density at radius 1 is 1.30 bits per heavy atom. The Labute approximate surface area is 117 Å². The van der Waals surface area contributed by atoms with Crippen LogP contribution in [0, 0.1) is 5.82 Å². The highest BCUT2D eigenvalue weighted by molar-refractivity contribution is 7.16. The largest absolute Gasteiger partial charge is 0.283 e. The molecule has 1 fully saturated rings. The lowest BCUT2D eigenvalue weighted by Crippen LogP contribution is -2.15. The number of hydrogen-bond acceptors (Lipinski definition) is 4. The number of benzene rings is 1. The zero-order valence-corrected chi connectivity index (χ0v) is 11.5. The van der Waals surface area contributed by atoms with E-state index in [9.17, 15) is 9.18 Å². The average Bonchev–Trinajstić information content (AvgIpc) is 3.08. The number of nitrogens with zero attached hydrogens (tertiary/aromatic N) is 3. The molecule has 0 N–H and O–H groups in total. The third-order valence-corrected chi connectivity index (χ3v) is 4.95. The number of fused-ring (bicyclic) bond motifs is 2. The van der Waals surface area contributed by atoms with Crippen LogP contribution in [0.15, 0.2) is 23.0 Å². The molecule has 1 aromatic carbocycles. The maximum absolute atomic E-state index is 13.3. The molecule has 6 heteroatoms. The third-order valence-electron chi connectivity index (χ3n) is 3.88. The van der Waals surface area contributed by atoms with E-state index in [1.165, 1.54) is 40.8 Å². The van der Waals surface area contributed by atoms with Gasteiger partial charge in [-0.15, -0.1) is 0 Å². The summed E-state index contributed by atoms with van der Waals surface area (Å²) in [6, 6.07) is 4.09. The monoisotopic (exact) mass is 289 g/mol. The van der Waals surface area contributed by atoms with Crippen molar-refractivity contribution in [3.05, 3.63) is 39.4 Å². The molecule has 3 aromatic rings. The average molecular weight is 289 g/mol. The summed E-state index contributed by atoms with van der Waals surface area (Å²) in [5, 5.41) is 5.67. The highest BCUT2D eigenvalue weighted by Gasteiger charge is 2.22. The van der Waals surface area contributed by atoms with Crippen molar-refractivity contribution >= 4 is 27.2 Å². The summed E-state index contributed by atoms with van der Waals surface area (Å²) in [4.78, 5) is 17.4. The van der Waals surface area contributed by atoms with Crippen LogP contribution in [0.25, 0.3) is 15.9 Å². The van der Waals surface area contributed by atoms with Crippen molar-refractivity contribution < 1.29 is 4.39 Å². The Kier molecular flexibility index (Phi) is 2.60. The molecular formula is C14H12FN3OS. The fourth-order valence-corrected chi connectivity index (χ4v) is 3.90. The summed E-state index contributed by atoms with van der Waals surface area (Å²) >= 11 is 1.47. The number of aromatic nitrogens is 3. The Balaban J connectivity index is 1.99. The summed E-state index contributed by atoms with van der Waals surface area (Å²) in [5.41, 5.74) is 0.239. The smallest absolute Gasteiger partial charge is 0.267 e. The van der Waals surface area contributed by atoms with Crippen molar-refractivity contribution in [2.24, 2.45) is 0 Å². The van der Waals surface area contributed by atoms with Gasteiger partial charge in [0, 0.05) is 5.92 Å². The number of halogens is 1. The van der Waals surface area contributed by atoms with Gasteiger partial charge in [0.05, 0.1) is 10.9 Å². The first-order valence-corrected chi connectivity index (χ1v) is 7.53. The highest BCUT2D eigenvalue weighted by Crippen LogP contribution is 2.35. The molecule has 0 amide bonds. The van der Waals surface area contributed by atoms with E-state index >= 15 is 0 Å². The van der Waals surface area contributed by atoms with Gasteiger partial charge in [0.15, 0.2) is 0 Å². The van der Waals surface area contributed by atoms with Gasteiger partial charge in [-0.1, -0.05) is 24.2 Å². The van der Waals surface area contributed by atoms with Crippen molar-refractivity contribution in [2.45, 2.75) is 31.6 Å². The van der Waals surface area contributed by atoms with E-state index in [4.69, 9.17) is 0 Å². The summed E-state index contributed by atoms with van der Waals surface area (Å²) in [7, 11) is 0. The van der Waals surface area contributed by atoms with Gasteiger partial charge in [-0.2, -0.15) is 9.61 Å². The minimum atomic E-state index is -0.428. The van der Waals surface area contributed by atoms with Gasteiger partial charge in [-0.25, -0.2) is 9.37 Å². The molecule has 0 aliphatic heterocycles. The Morgan fingerprint density at radius 2 is 2.10 bits per heavy atom. The first kappa shape index (κ1) is 12.0. The molecule has 1 saturated carbocycles. The van der Waals surface area contributed by atoms with Gasteiger partial charge < -0.3 is 0 Å². The maximum Gasteiger partial charge on any atom is 0.283 e. The van der Waals surface area contributed by atoms with Gasteiger partial charge in [0.2, 0.25) is 4.96 Å². The van der Waals surface area contributed by atoms with Gasteiger partial charge in [-0.05, 0) is 31.0 Å². The SMILES string of the molecule is O=c1c2cc(F)ccc2nc2sc(C3CCCC3)nn12. The van der Waals surface area contributed by atoms with E-state index in [0.717, 1.165) is 17.8 Å². The lowest BCUT2D eigenvalue weighted by molar-refractivity contribution is 0.629. The second kappa shape index (κ2) is 4.34. The summed E-state index contributed by atoms with van der Waals surface area (Å²) in [6.07, 6.45) is 4.69. The van der Waals surface area contributed by atoms with Gasteiger partial charge in [0.1, 0.15) is 10.8 Å². The third kappa shape index (κ3) is 1.75. The minimum Gasteiger partial charge on any atom is -0.267 e. The second-order valence-corrected chi connectivity index (χ2v) is 6.18. The van der Waals surface area contributed by atoms with Crippen molar-refractivity contribution in [1.82, 2.24) is 14.6 Å². The quantitative estimate of drug-likeness (QED) is 0.691. The van der Waals surface area contributed by atoms with E-state index in [1.54, 1.807) is 6.07 Å². The molecule has 2 aromatic heterocycles. The normalized spacial score (nSPS) is 16.4. The Bertz CT molecular complexity index is 864. The Morgan fingerprint density at radius 3 is 2.90 bits per heavy atom. The van der Waals surface area contributed by atoms with E-state index in [2.05, 4.69) is 10.1 Å².